The van der Waals surface area contributed by atoms with Crippen LogP contribution in [0, 0.1) is 0 Å². The third-order valence-corrected chi connectivity index (χ3v) is 4.84. The van der Waals surface area contributed by atoms with E-state index in [0.717, 1.165) is 35.8 Å². The van der Waals surface area contributed by atoms with E-state index in [0.29, 0.717) is 6.04 Å². The number of hydrogen-bond donors (Lipinski definition) is 0. The molecule has 25 heavy (non-hydrogen) atoms. The largest absolute Gasteiger partial charge is 0.373 e. The first-order valence-electron chi connectivity index (χ1n) is 8.59. The number of nitrogens with zero attached hydrogens (tertiary/aromatic N) is 2. The lowest BCUT2D eigenvalue weighted by Crippen LogP contribution is -2.50. The van der Waals surface area contributed by atoms with Gasteiger partial charge in [0, 0.05) is 53.7 Å². The molecule has 0 aliphatic carbocycles. The summed E-state index contributed by atoms with van der Waals surface area (Å²) in [6.07, 6.45) is 2.00. The lowest BCUT2D eigenvalue weighted by molar-refractivity contribution is 0.103. The van der Waals surface area contributed by atoms with Crippen molar-refractivity contribution in [2.24, 2.45) is 0 Å². The minimum Gasteiger partial charge on any atom is -0.373 e. The van der Waals surface area contributed by atoms with E-state index in [4.69, 9.17) is 11.6 Å². The highest BCUT2D eigenvalue weighted by Crippen LogP contribution is 2.23. The SMILES string of the molecule is C/C(=C/N1CCN(c2ccc(Cl)cc2)[C@H](C)C1)C(=O)c1ccccc1. The number of allylic oxidation sites excluding steroid dienone is 1. The van der Waals surface area contributed by atoms with Crippen LogP contribution < -0.4 is 4.90 Å². The molecule has 1 saturated heterocycles. The van der Waals surface area contributed by atoms with Gasteiger partial charge in [0.05, 0.1) is 0 Å². The van der Waals surface area contributed by atoms with Crippen LogP contribution in [0.15, 0.2) is 66.4 Å². The molecular formula is C21H23ClN2O. The average Bonchev–Trinajstić information content (AvgIpc) is 2.63. The normalized spacial score (nSPS) is 18.4. The van der Waals surface area contributed by atoms with Gasteiger partial charge in [0.2, 0.25) is 0 Å². The van der Waals surface area contributed by atoms with Crippen molar-refractivity contribution in [3.63, 3.8) is 0 Å². The zero-order valence-electron chi connectivity index (χ0n) is 14.7. The van der Waals surface area contributed by atoms with Gasteiger partial charge in [-0.15, -0.1) is 0 Å². The second-order valence-electron chi connectivity index (χ2n) is 6.52. The smallest absolute Gasteiger partial charge is 0.190 e. The third-order valence-electron chi connectivity index (χ3n) is 4.59. The van der Waals surface area contributed by atoms with Crippen LogP contribution in [0.4, 0.5) is 5.69 Å². The maximum atomic E-state index is 12.5. The molecule has 1 aliphatic heterocycles. The molecule has 3 nitrogen and oxygen atoms in total. The standard InChI is InChI=1S/C21H23ClN2O/c1-16(21(25)18-6-4-3-5-7-18)14-23-12-13-24(17(2)15-23)20-10-8-19(22)9-11-20/h3-11,14,17H,12-13,15H2,1-2H3/b16-14-/t17-/m1/s1. The van der Waals surface area contributed by atoms with Crippen molar-refractivity contribution in [1.29, 1.82) is 0 Å². The Bertz CT molecular complexity index is 755. The van der Waals surface area contributed by atoms with E-state index in [2.05, 4.69) is 28.9 Å². The first-order chi connectivity index (χ1) is 12.0. The van der Waals surface area contributed by atoms with E-state index in [9.17, 15) is 4.79 Å². The van der Waals surface area contributed by atoms with E-state index >= 15 is 0 Å². The molecule has 0 N–H and O–H groups in total. The van der Waals surface area contributed by atoms with Gasteiger partial charge in [-0.2, -0.15) is 0 Å². The van der Waals surface area contributed by atoms with Crippen LogP contribution in [0.5, 0.6) is 0 Å². The van der Waals surface area contributed by atoms with Gasteiger partial charge in [-0.25, -0.2) is 0 Å². The molecule has 0 unspecified atom stereocenters. The third kappa shape index (κ3) is 4.23. The molecule has 3 rings (SSSR count). The average molecular weight is 355 g/mol. The molecule has 0 aromatic heterocycles. The second-order valence-corrected chi connectivity index (χ2v) is 6.96. The first kappa shape index (κ1) is 17.6. The fraction of sp³-hybridized carbons (Fsp3) is 0.286. The number of ketones is 1. The zero-order chi connectivity index (χ0) is 17.8. The van der Waals surface area contributed by atoms with Crippen molar-refractivity contribution >= 4 is 23.1 Å². The highest BCUT2D eigenvalue weighted by atomic mass is 35.5. The Morgan fingerprint density at radius 3 is 2.40 bits per heavy atom. The summed E-state index contributed by atoms with van der Waals surface area (Å²) in [6, 6.07) is 17.8. The summed E-state index contributed by atoms with van der Waals surface area (Å²) >= 11 is 5.98. The van der Waals surface area contributed by atoms with Crippen molar-refractivity contribution in [2.75, 3.05) is 24.5 Å². The van der Waals surface area contributed by atoms with Crippen LogP contribution in [0.3, 0.4) is 0 Å². The molecule has 1 fully saturated rings. The van der Waals surface area contributed by atoms with Gasteiger partial charge in [-0.3, -0.25) is 4.79 Å². The van der Waals surface area contributed by atoms with Gasteiger partial charge in [-0.1, -0.05) is 41.9 Å². The summed E-state index contributed by atoms with van der Waals surface area (Å²) in [6.45, 7) is 6.81. The Hall–Kier alpha value is -2.26. The molecule has 1 atom stereocenters. The lowest BCUT2D eigenvalue weighted by atomic mass is 10.1. The predicted molar refractivity (Wildman–Crippen MR) is 104 cm³/mol. The van der Waals surface area contributed by atoms with Crippen molar-refractivity contribution < 1.29 is 4.79 Å². The molecule has 0 radical (unpaired) electrons. The molecule has 0 bridgehead atoms. The maximum absolute atomic E-state index is 12.5. The van der Waals surface area contributed by atoms with Crippen LogP contribution in [-0.2, 0) is 0 Å². The molecule has 0 spiro atoms. The summed E-state index contributed by atoms with van der Waals surface area (Å²) < 4.78 is 0. The Morgan fingerprint density at radius 2 is 1.76 bits per heavy atom. The lowest BCUT2D eigenvalue weighted by Gasteiger charge is -2.41. The molecular weight excluding hydrogens is 332 g/mol. The molecule has 2 aromatic carbocycles. The number of carbonyl (C=O) groups excluding carboxylic acids is 1. The van der Waals surface area contributed by atoms with E-state index in [1.54, 1.807) is 0 Å². The fourth-order valence-electron chi connectivity index (χ4n) is 3.27. The Morgan fingerprint density at radius 1 is 1.08 bits per heavy atom. The number of halogens is 1. The van der Waals surface area contributed by atoms with Crippen LogP contribution in [0.25, 0.3) is 0 Å². The molecule has 1 aliphatic rings. The van der Waals surface area contributed by atoms with Gasteiger partial charge >= 0.3 is 0 Å². The van der Waals surface area contributed by atoms with Crippen molar-refractivity contribution in [1.82, 2.24) is 4.90 Å². The Kier molecular flexibility index (Phi) is 5.44. The first-order valence-corrected chi connectivity index (χ1v) is 8.97. The van der Waals surface area contributed by atoms with Crippen LogP contribution >= 0.6 is 11.6 Å². The number of piperazine rings is 1. The topological polar surface area (TPSA) is 23.6 Å². The number of carbonyl (C=O) groups is 1. The number of Topliss-reactive ketones (excluding diaryl/α,β-unsaturated/α-hetero) is 1. The van der Waals surface area contributed by atoms with Crippen LogP contribution in [0.2, 0.25) is 5.02 Å². The quantitative estimate of drug-likeness (QED) is 0.590. The monoisotopic (exact) mass is 354 g/mol. The summed E-state index contributed by atoms with van der Waals surface area (Å²) in [5.74, 6) is 0.0911. The Labute approximate surface area is 154 Å². The minimum absolute atomic E-state index is 0.0911. The van der Waals surface area contributed by atoms with E-state index in [1.807, 2.05) is 55.6 Å². The molecule has 4 heteroatoms. The Balaban J connectivity index is 1.66. The number of anilines is 1. The molecule has 0 saturated carbocycles. The van der Waals surface area contributed by atoms with Crippen LogP contribution in [0.1, 0.15) is 24.2 Å². The number of rotatable bonds is 4. The van der Waals surface area contributed by atoms with Gasteiger partial charge in [0.25, 0.3) is 0 Å². The minimum atomic E-state index is 0.0911. The second kappa shape index (κ2) is 7.75. The van der Waals surface area contributed by atoms with E-state index in [-0.39, 0.29) is 5.78 Å². The highest BCUT2D eigenvalue weighted by molar-refractivity contribution is 6.30. The number of hydrogen-bond acceptors (Lipinski definition) is 3. The van der Waals surface area contributed by atoms with E-state index in [1.165, 1.54) is 5.69 Å². The molecule has 1 heterocycles. The maximum Gasteiger partial charge on any atom is 0.190 e. The highest BCUT2D eigenvalue weighted by Gasteiger charge is 2.23. The zero-order valence-corrected chi connectivity index (χ0v) is 15.4. The van der Waals surface area contributed by atoms with Gasteiger partial charge in [0.15, 0.2) is 5.78 Å². The summed E-state index contributed by atoms with van der Waals surface area (Å²) in [7, 11) is 0. The number of benzene rings is 2. The summed E-state index contributed by atoms with van der Waals surface area (Å²) in [4.78, 5) is 17.1. The fourth-order valence-corrected chi connectivity index (χ4v) is 3.39. The van der Waals surface area contributed by atoms with Crippen LogP contribution in [-0.4, -0.2) is 36.4 Å². The molecule has 130 valence electrons. The predicted octanol–water partition coefficient (Wildman–Crippen LogP) is 4.64. The van der Waals surface area contributed by atoms with Gasteiger partial charge < -0.3 is 9.80 Å². The van der Waals surface area contributed by atoms with Crippen molar-refractivity contribution in [3.05, 3.63) is 77.0 Å². The molecule has 0 amide bonds. The van der Waals surface area contributed by atoms with Crippen molar-refractivity contribution in [3.8, 4) is 0 Å². The molecule has 2 aromatic rings. The van der Waals surface area contributed by atoms with Gasteiger partial charge in [-0.05, 0) is 38.1 Å². The van der Waals surface area contributed by atoms with Crippen molar-refractivity contribution in [2.45, 2.75) is 19.9 Å². The van der Waals surface area contributed by atoms with E-state index < -0.39 is 0 Å². The summed E-state index contributed by atoms with van der Waals surface area (Å²) in [5, 5.41) is 0.757. The summed E-state index contributed by atoms with van der Waals surface area (Å²) in [5.41, 5.74) is 2.71. The van der Waals surface area contributed by atoms with Gasteiger partial charge in [0.1, 0.15) is 0 Å².